The average Bonchev–Trinajstić information content (AvgIpc) is 2.90. The van der Waals surface area contributed by atoms with Crippen molar-refractivity contribution in [2.24, 2.45) is 0 Å². The van der Waals surface area contributed by atoms with Crippen molar-refractivity contribution in [2.45, 2.75) is 4.90 Å². The van der Waals surface area contributed by atoms with Crippen LogP contribution in [0, 0.1) is 0 Å². The lowest BCUT2D eigenvalue weighted by molar-refractivity contribution is 0.410. The fourth-order valence-electron chi connectivity index (χ4n) is 2.04. The summed E-state index contributed by atoms with van der Waals surface area (Å²) in [6, 6.07) is 11.7. The highest BCUT2D eigenvalue weighted by Gasteiger charge is 2.20. The second kappa shape index (κ2) is 5.16. The number of fused-ring (bicyclic) bond motifs is 1. The third-order valence-electron chi connectivity index (χ3n) is 3.07. The Morgan fingerprint density at radius 3 is 2.57 bits per heavy atom. The molecule has 0 unspecified atom stereocenters. The quantitative estimate of drug-likeness (QED) is 0.668. The van der Waals surface area contributed by atoms with Crippen LogP contribution < -0.4 is 4.74 Å². The van der Waals surface area contributed by atoms with Gasteiger partial charge < -0.3 is 4.74 Å². The number of methoxy groups -OCH3 is 1. The van der Waals surface area contributed by atoms with E-state index in [1.165, 1.54) is 17.3 Å². The molecule has 21 heavy (non-hydrogen) atoms. The molecule has 0 spiro atoms. The minimum atomic E-state index is -3.67. The SMILES string of the molecule is COc1cc2ccn(S(=O)(=O)c3ccccc3)c2nc1Br. The van der Waals surface area contributed by atoms with Gasteiger partial charge >= 0.3 is 0 Å². The third kappa shape index (κ3) is 2.32. The maximum Gasteiger partial charge on any atom is 0.269 e. The molecule has 1 aromatic carbocycles. The molecule has 2 heterocycles. The monoisotopic (exact) mass is 366 g/mol. The van der Waals surface area contributed by atoms with Gasteiger partial charge in [0, 0.05) is 11.6 Å². The summed E-state index contributed by atoms with van der Waals surface area (Å²) in [5.74, 6) is 0.553. The minimum absolute atomic E-state index is 0.219. The van der Waals surface area contributed by atoms with Gasteiger partial charge in [-0.2, -0.15) is 0 Å². The fraction of sp³-hybridized carbons (Fsp3) is 0.0714. The van der Waals surface area contributed by atoms with Crippen molar-refractivity contribution < 1.29 is 13.2 Å². The zero-order valence-electron chi connectivity index (χ0n) is 11.0. The smallest absolute Gasteiger partial charge is 0.269 e. The number of ether oxygens (including phenoxy) is 1. The fourth-order valence-corrected chi connectivity index (χ4v) is 3.81. The summed E-state index contributed by atoms with van der Waals surface area (Å²) in [5, 5.41) is 0.689. The van der Waals surface area contributed by atoms with Crippen LogP contribution in [0.3, 0.4) is 0 Å². The molecular formula is C14H11BrN2O3S. The summed E-state index contributed by atoms with van der Waals surface area (Å²) in [6.07, 6.45) is 1.49. The van der Waals surface area contributed by atoms with Crippen molar-refractivity contribution in [1.29, 1.82) is 0 Å². The van der Waals surface area contributed by atoms with Gasteiger partial charge in [0.2, 0.25) is 0 Å². The van der Waals surface area contributed by atoms with Gasteiger partial charge in [0.15, 0.2) is 11.4 Å². The Morgan fingerprint density at radius 1 is 1.19 bits per heavy atom. The lowest BCUT2D eigenvalue weighted by atomic mass is 10.3. The van der Waals surface area contributed by atoms with Crippen LogP contribution in [0.4, 0.5) is 0 Å². The van der Waals surface area contributed by atoms with E-state index in [1.807, 2.05) is 0 Å². The van der Waals surface area contributed by atoms with E-state index in [2.05, 4.69) is 20.9 Å². The molecule has 0 aliphatic heterocycles. The number of hydrogen-bond acceptors (Lipinski definition) is 4. The summed E-state index contributed by atoms with van der Waals surface area (Å²) in [7, 11) is -2.13. The molecule has 0 radical (unpaired) electrons. The highest BCUT2D eigenvalue weighted by molar-refractivity contribution is 9.10. The Labute approximate surface area is 130 Å². The Morgan fingerprint density at radius 2 is 1.90 bits per heavy atom. The first kappa shape index (κ1) is 14.1. The van der Waals surface area contributed by atoms with Crippen LogP contribution in [0.1, 0.15) is 0 Å². The molecule has 3 rings (SSSR count). The predicted octanol–water partition coefficient (Wildman–Crippen LogP) is 3.04. The first-order valence-electron chi connectivity index (χ1n) is 6.06. The topological polar surface area (TPSA) is 61.2 Å². The third-order valence-corrected chi connectivity index (χ3v) is 5.32. The summed E-state index contributed by atoms with van der Waals surface area (Å²) in [4.78, 5) is 4.49. The van der Waals surface area contributed by atoms with Crippen molar-refractivity contribution in [3.05, 3.63) is 53.3 Å². The van der Waals surface area contributed by atoms with Gasteiger partial charge in [0.1, 0.15) is 4.60 Å². The minimum Gasteiger partial charge on any atom is -0.494 e. The molecule has 2 aromatic heterocycles. The first-order chi connectivity index (χ1) is 10.0. The Bertz CT molecular complexity index is 905. The lowest BCUT2D eigenvalue weighted by Crippen LogP contribution is -2.12. The van der Waals surface area contributed by atoms with E-state index in [-0.39, 0.29) is 4.90 Å². The largest absolute Gasteiger partial charge is 0.494 e. The van der Waals surface area contributed by atoms with Crippen LogP contribution in [0.25, 0.3) is 11.0 Å². The lowest BCUT2D eigenvalue weighted by Gasteiger charge is -2.08. The second-order valence-electron chi connectivity index (χ2n) is 4.32. The highest BCUT2D eigenvalue weighted by atomic mass is 79.9. The Kier molecular flexibility index (Phi) is 3.46. The van der Waals surface area contributed by atoms with Crippen molar-refractivity contribution in [3.63, 3.8) is 0 Å². The van der Waals surface area contributed by atoms with Gasteiger partial charge in [-0.15, -0.1) is 0 Å². The van der Waals surface area contributed by atoms with E-state index in [4.69, 9.17) is 4.74 Å². The molecule has 0 aliphatic carbocycles. The zero-order valence-corrected chi connectivity index (χ0v) is 13.4. The number of rotatable bonds is 3. The maximum absolute atomic E-state index is 12.7. The van der Waals surface area contributed by atoms with Gasteiger partial charge in [-0.1, -0.05) is 18.2 Å². The number of hydrogen-bond donors (Lipinski definition) is 0. The van der Waals surface area contributed by atoms with E-state index < -0.39 is 10.0 Å². The van der Waals surface area contributed by atoms with Crippen molar-refractivity contribution in [1.82, 2.24) is 8.96 Å². The van der Waals surface area contributed by atoms with Gasteiger partial charge in [0.05, 0.1) is 12.0 Å². The molecule has 0 saturated carbocycles. The zero-order chi connectivity index (χ0) is 15.0. The van der Waals surface area contributed by atoms with Crippen molar-refractivity contribution in [3.8, 4) is 5.75 Å². The normalized spacial score (nSPS) is 11.7. The molecule has 5 nitrogen and oxygen atoms in total. The molecule has 0 fully saturated rings. The van der Waals surface area contributed by atoms with Gasteiger partial charge in [-0.3, -0.25) is 0 Å². The standard InChI is InChI=1S/C14H11BrN2O3S/c1-20-12-9-10-7-8-17(14(10)16-13(12)15)21(18,19)11-5-3-2-4-6-11/h2-9H,1H3. The van der Waals surface area contributed by atoms with Gasteiger partial charge in [-0.25, -0.2) is 17.4 Å². The Hall–Kier alpha value is -1.86. The molecule has 0 amide bonds. The van der Waals surface area contributed by atoms with Crippen LogP contribution in [0.2, 0.25) is 0 Å². The van der Waals surface area contributed by atoms with Gasteiger partial charge in [-0.05, 0) is 40.2 Å². The molecular weight excluding hydrogens is 356 g/mol. The molecule has 0 N–H and O–H groups in total. The highest BCUT2D eigenvalue weighted by Crippen LogP contribution is 2.29. The molecule has 7 heteroatoms. The molecule has 0 bridgehead atoms. The van der Waals surface area contributed by atoms with E-state index in [0.717, 1.165) is 0 Å². The van der Waals surface area contributed by atoms with Crippen LogP contribution in [-0.2, 0) is 10.0 Å². The van der Waals surface area contributed by atoms with Crippen molar-refractivity contribution in [2.75, 3.05) is 7.11 Å². The van der Waals surface area contributed by atoms with Crippen LogP contribution in [0.15, 0.2) is 58.2 Å². The second-order valence-corrected chi connectivity index (χ2v) is 6.89. The molecule has 0 atom stereocenters. The van der Waals surface area contributed by atoms with Crippen LogP contribution in [-0.4, -0.2) is 24.5 Å². The van der Waals surface area contributed by atoms with E-state index >= 15 is 0 Å². The van der Waals surface area contributed by atoms with Crippen LogP contribution in [0.5, 0.6) is 5.75 Å². The van der Waals surface area contributed by atoms with E-state index in [9.17, 15) is 8.42 Å². The van der Waals surface area contributed by atoms with Gasteiger partial charge in [0.25, 0.3) is 10.0 Å². The van der Waals surface area contributed by atoms with Crippen LogP contribution >= 0.6 is 15.9 Å². The van der Waals surface area contributed by atoms with E-state index in [1.54, 1.807) is 42.5 Å². The number of aromatic nitrogens is 2. The molecule has 0 saturated heterocycles. The van der Waals surface area contributed by atoms with Crippen molar-refractivity contribution >= 4 is 37.0 Å². The molecule has 108 valence electrons. The molecule has 3 aromatic rings. The van der Waals surface area contributed by atoms with E-state index in [0.29, 0.717) is 21.4 Å². The number of halogens is 1. The average molecular weight is 367 g/mol. The number of benzene rings is 1. The predicted molar refractivity (Wildman–Crippen MR) is 83.0 cm³/mol. The Balaban J connectivity index is 2.24. The summed E-state index contributed by atoms with van der Waals surface area (Å²) >= 11 is 3.28. The maximum atomic E-state index is 12.7. The molecule has 0 aliphatic rings. The number of pyridine rings is 1. The number of nitrogens with zero attached hydrogens (tertiary/aromatic N) is 2. The summed E-state index contributed by atoms with van der Waals surface area (Å²) in [5.41, 5.74) is 0.353. The summed E-state index contributed by atoms with van der Waals surface area (Å²) < 4.78 is 32.1. The first-order valence-corrected chi connectivity index (χ1v) is 8.29. The summed E-state index contributed by atoms with van der Waals surface area (Å²) in [6.45, 7) is 0.